The fourth-order valence-corrected chi connectivity index (χ4v) is 1.32. The van der Waals surface area contributed by atoms with Crippen LogP contribution in [-0.2, 0) is 16.1 Å². The summed E-state index contributed by atoms with van der Waals surface area (Å²) in [6.07, 6.45) is 0. The third-order valence-electron chi connectivity index (χ3n) is 2.28. The van der Waals surface area contributed by atoms with Crippen LogP contribution < -0.4 is 5.73 Å². The van der Waals surface area contributed by atoms with E-state index in [0.29, 0.717) is 18.7 Å². The number of ether oxygens (including phenoxy) is 1. The van der Waals surface area contributed by atoms with Crippen molar-refractivity contribution in [3.8, 4) is 0 Å². The van der Waals surface area contributed by atoms with Crippen LogP contribution in [0, 0.1) is 5.82 Å². The molecule has 0 aromatic heterocycles. The summed E-state index contributed by atoms with van der Waals surface area (Å²) in [5, 5.41) is 0. The van der Waals surface area contributed by atoms with Gasteiger partial charge in [-0.25, -0.2) is 4.39 Å². The highest BCUT2D eigenvalue weighted by molar-refractivity contribution is 5.77. The molecule has 0 aliphatic heterocycles. The highest BCUT2D eigenvalue weighted by Gasteiger charge is 2.11. The zero-order valence-corrected chi connectivity index (χ0v) is 9.86. The summed E-state index contributed by atoms with van der Waals surface area (Å²) in [4.78, 5) is 13.0. The van der Waals surface area contributed by atoms with Gasteiger partial charge in [-0.2, -0.15) is 0 Å². The zero-order chi connectivity index (χ0) is 12.7. The average molecular weight is 240 g/mol. The lowest BCUT2D eigenvalue weighted by Gasteiger charge is -2.17. The van der Waals surface area contributed by atoms with Crippen molar-refractivity contribution in [3.05, 3.63) is 35.6 Å². The van der Waals surface area contributed by atoms with Gasteiger partial charge in [0.05, 0.1) is 6.61 Å². The maximum Gasteiger partial charge on any atom is 0.248 e. The number of nitrogens with two attached hydrogens (primary N) is 1. The summed E-state index contributed by atoms with van der Waals surface area (Å²) < 4.78 is 18.4. The lowest BCUT2D eigenvalue weighted by Crippen LogP contribution is -2.30. The minimum absolute atomic E-state index is 0.0256. The van der Waals surface area contributed by atoms with Crippen LogP contribution in [0.4, 0.5) is 4.39 Å². The quantitative estimate of drug-likeness (QED) is 0.747. The molecule has 0 saturated carbocycles. The van der Waals surface area contributed by atoms with Gasteiger partial charge < -0.3 is 15.4 Å². The third kappa shape index (κ3) is 4.50. The normalized spacial score (nSPS) is 10.3. The van der Waals surface area contributed by atoms with Gasteiger partial charge in [-0.3, -0.25) is 4.79 Å². The molecule has 0 fully saturated rings. The lowest BCUT2D eigenvalue weighted by atomic mass is 10.2. The van der Waals surface area contributed by atoms with E-state index in [-0.39, 0.29) is 24.9 Å². The first-order chi connectivity index (χ1) is 8.15. The SMILES string of the molecule is CN(Cc1ccccc1F)C(=O)COCCN. The van der Waals surface area contributed by atoms with Gasteiger partial charge in [-0.1, -0.05) is 18.2 Å². The van der Waals surface area contributed by atoms with E-state index in [1.807, 2.05) is 0 Å². The number of hydrogen-bond acceptors (Lipinski definition) is 3. The van der Waals surface area contributed by atoms with E-state index in [0.717, 1.165) is 0 Å². The van der Waals surface area contributed by atoms with Gasteiger partial charge in [0.15, 0.2) is 0 Å². The number of halogens is 1. The molecule has 0 heterocycles. The Balaban J connectivity index is 2.46. The van der Waals surface area contributed by atoms with Crippen molar-refractivity contribution in [1.29, 1.82) is 0 Å². The molecule has 0 aliphatic rings. The summed E-state index contributed by atoms with van der Waals surface area (Å²) in [6, 6.07) is 6.38. The van der Waals surface area contributed by atoms with E-state index in [2.05, 4.69) is 0 Å². The summed E-state index contributed by atoms with van der Waals surface area (Å²) in [5.74, 6) is -0.503. The van der Waals surface area contributed by atoms with E-state index in [4.69, 9.17) is 10.5 Å². The molecule has 0 unspecified atom stereocenters. The second kappa shape index (κ2) is 6.98. The molecule has 1 amide bonds. The van der Waals surface area contributed by atoms with Gasteiger partial charge in [-0.15, -0.1) is 0 Å². The Bertz CT molecular complexity index is 371. The fourth-order valence-electron chi connectivity index (χ4n) is 1.32. The maximum atomic E-state index is 13.3. The molecule has 0 radical (unpaired) electrons. The minimum Gasteiger partial charge on any atom is -0.370 e. The molecule has 94 valence electrons. The number of carbonyl (C=O) groups excluding carboxylic acids is 1. The Hall–Kier alpha value is -1.46. The third-order valence-corrected chi connectivity index (χ3v) is 2.28. The molecule has 2 N–H and O–H groups in total. The van der Waals surface area contributed by atoms with Gasteiger partial charge in [-0.05, 0) is 6.07 Å². The van der Waals surface area contributed by atoms with Gasteiger partial charge in [0.2, 0.25) is 5.91 Å². The smallest absolute Gasteiger partial charge is 0.248 e. The maximum absolute atomic E-state index is 13.3. The first-order valence-corrected chi connectivity index (χ1v) is 5.40. The highest BCUT2D eigenvalue weighted by Crippen LogP contribution is 2.08. The molecule has 0 aliphatic carbocycles. The Kier molecular flexibility index (Phi) is 5.59. The number of amides is 1. The predicted octanol–water partition coefficient (Wildman–Crippen LogP) is 0.759. The zero-order valence-electron chi connectivity index (χ0n) is 9.86. The van der Waals surface area contributed by atoms with Crippen molar-refractivity contribution >= 4 is 5.91 Å². The van der Waals surface area contributed by atoms with Gasteiger partial charge >= 0.3 is 0 Å². The molecule has 17 heavy (non-hydrogen) atoms. The van der Waals surface area contributed by atoms with Crippen LogP contribution in [0.2, 0.25) is 0 Å². The molecule has 0 atom stereocenters. The molecule has 1 aromatic rings. The van der Waals surface area contributed by atoms with Gasteiger partial charge in [0.1, 0.15) is 12.4 Å². The Morgan fingerprint density at radius 1 is 1.47 bits per heavy atom. The van der Waals surface area contributed by atoms with Gasteiger partial charge in [0, 0.05) is 25.7 Å². The van der Waals surface area contributed by atoms with Crippen LogP contribution in [-0.4, -0.2) is 37.6 Å². The standard InChI is InChI=1S/C12H17FN2O2/c1-15(12(16)9-17-7-6-14)8-10-4-2-3-5-11(10)13/h2-5H,6-9,14H2,1H3. The van der Waals surface area contributed by atoms with E-state index in [1.165, 1.54) is 11.0 Å². The predicted molar refractivity (Wildman–Crippen MR) is 62.7 cm³/mol. The molecule has 5 heteroatoms. The summed E-state index contributed by atoms with van der Waals surface area (Å²) in [7, 11) is 1.61. The Morgan fingerprint density at radius 2 is 2.18 bits per heavy atom. The largest absolute Gasteiger partial charge is 0.370 e. The second-order valence-corrected chi connectivity index (χ2v) is 3.68. The van der Waals surface area contributed by atoms with Crippen molar-refractivity contribution in [2.45, 2.75) is 6.54 Å². The van der Waals surface area contributed by atoms with E-state index in [1.54, 1.807) is 25.2 Å². The van der Waals surface area contributed by atoms with Crippen molar-refractivity contribution < 1.29 is 13.9 Å². The number of nitrogens with zero attached hydrogens (tertiary/aromatic N) is 1. The first-order valence-electron chi connectivity index (χ1n) is 5.40. The molecular formula is C12H17FN2O2. The highest BCUT2D eigenvalue weighted by atomic mass is 19.1. The molecule has 0 bridgehead atoms. The summed E-state index contributed by atoms with van der Waals surface area (Å²) in [5.41, 5.74) is 5.72. The number of benzene rings is 1. The number of hydrogen-bond donors (Lipinski definition) is 1. The van der Waals surface area contributed by atoms with Crippen molar-refractivity contribution in [1.82, 2.24) is 4.90 Å². The summed E-state index contributed by atoms with van der Waals surface area (Å²) >= 11 is 0. The molecule has 4 nitrogen and oxygen atoms in total. The summed E-state index contributed by atoms with van der Waals surface area (Å²) in [6.45, 7) is 0.934. The van der Waals surface area contributed by atoms with Crippen molar-refractivity contribution in [2.75, 3.05) is 26.8 Å². The number of rotatable bonds is 6. The van der Waals surface area contributed by atoms with E-state index >= 15 is 0 Å². The van der Waals surface area contributed by atoms with Crippen LogP contribution in [0.5, 0.6) is 0 Å². The lowest BCUT2D eigenvalue weighted by molar-refractivity contribution is -0.135. The Labute approximate surface area is 100 Å². The topological polar surface area (TPSA) is 55.6 Å². The monoisotopic (exact) mass is 240 g/mol. The van der Waals surface area contributed by atoms with Crippen molar-refractivity contribution in [3.63, 3.8) is 0 Å². The van der Waals surface area contributed by atoms with Crippen LogP contribution in [0.15, 0.2) is 24.3 Å². The van der Waals surface area contributed by atoms with Crippen LogP contribution in [0.25, 0.3) is 0 Å². The fraction of sp³-hybridized carbons (Fsp3) is 0.417. The first kappa shape index (κ1) is 13.6. The molecule has 1 aromatic carbocycles. The van der Waals surface area contributed by atoms with Crippen LogP contribution in [0.3, 0.4) is 0 Å². The number of likely N-dealkylation sites (N-methyl/N-ethyl adjacent to an activating group) is 1. The average Bonchev–Trinajstić information content (AvgIpc) is 2.32. The number of carbonyl (C=O) groups is 1. The molecule has 0 spiro atoms. The molecular weight excluding hydrogens is 223 g/mol. The van der Waals surface area contributed by atoms with Gasteiger partial charge in [0.25, 0.3) is 0 Å². The second-order valence-electron chi connectivity index (χ2n) is 3.68. The molecule has 1 rings (SSSR count). The van der Waals surface area contributed by atoms with Crippen LogP contribution >= 0.6 is 0 Å². The minimum atomic E-state index is -0.310. The Morgan fingerprint density at radius 3 is 2.82 bits per heavy atom. The van der Waals surface area contributed by atoms with E-state index in [9.17, 15) is 9.18 Å². The van der Waals surface area contributed by atoms with E-state index < -0.39 is 0 Å². The molecule has 0 saturated heterocycles. The van der Waals surface area contributed by atoms with Crippen LogP contribution in [0.1, 0.15) is 5.56 Å². The van der Waals surface area contributed by atoms with Crippen molar-refractivity contribution in [2.24, 2.45) is 5.73 Å².